The molecule has 1 rings (SSSR count). The molecule has 2 amide bonds. The Labute approximate surface area is 159 Å². The number of hydrogen-bond donors (Lipinski definition) is 1. The van der Waals surface area contributed by atoms with E-state index in [1.807, 2.05) is 0 Å². The summed E-state index contributed by atoms with van der Waals surface area (Å²) in [5, 5.41) is 2.24. The van der Waals surface area contributed by atoms with Crippen molar-refractivity contribution >= 4 is 25.4 Å². The SMILES string of the molecule is CCOP(=O)(OCC)C1=C(C)C(C(=O)NC(C)(C)C)(C(=O)N(C)C)OC1=O. The molecule has 0 aromatic heterocycles. The molecule has 0 bridgehead atoms. The second kappa shape index (κ2) is 8.12. The number of amides is 2. The average Bonchev–Trinajstić information content (AvgIpc) is 2.77. The number of nitrogens with zero attached hydrogens (tertiary/aromatic N) is 1. The number of carbonyl (C=O) groups is 3. The molecule has 0 radical (unpaired) electrons. The lowest BCUT2D eigenvalue weighted by Gasteiger charge is -2.32. The van der Waals surface area contributed by atoms with Gasteiger partial charge in [0.1, 0.15) is 0 Å². The standard InChI is InChI=1S/C17H29N2O7P/c1-9-24-27(23,25-10-2)12-11(3)17(26-13(12)20,15(22)19(7)8)14(21)18-16(4,5)6/h9-10H2,1-8H3,(H,18,21). The number of carbonyl (C=O) groups excluding carboxylic acids is 3. The largest absolute Gasteiger partial charge is 0.430 e. The number of rotatable bonds is 7. The van der Waals surface area contributed by atoms with Crippen LogP contribution in [0.5, 0.6) is 0 Å². The molecule has 1 aliphatic heterocycles. The van der Waals surface area contributed by atoms with Crippen LogP contribution < -0.4 is 5.32 Å². The van der Waals surface area contributed by atoms with Crippen molar-refractivity contribution in [3.05, 3.63) is 10.9 Å². The van der Waals surface area contributed by atoms with Gasteiger partial charge in [0.25, 0.3) is 17.4 Å². The zero-order valence-electron chi connectivity index (χ0n) is 17.2. The topological polar surface area (TPSA) is 111 Å². The van der Waals surface area contributed by atoms with Gasteiger partial charge >= 0.3 is 13.6 Å². The first-order chi connectivity index (χ1) is 12.3. The summed E-state index contributed by atoms with van der Waals surface area (Å²) in [7, 11) is -1.21. The van der Waals surface area contributed by atoms with Gasteiger partial charge in [-0.15, -0.1) is 0 Å². The van der Waals surface area contributed by atoms with Crippen LogP contribution in [0.25, 0.3) is 0 Å². The number of nitrogens with one attached hydrogen (secondary N) is 1. The van der Waals surface area contributed by atoms with Crippen LogP contribution in [0.15, 0.2) is 10.9 Å². The van der Waals surface area contributed by atoms with Gasteiger partial charge in [0.2, 0.25) is 0 Å². The minimum atomic E-state index is -4.07. The molecule has 0 aliphatic carbocycles. The van der Waals surface area contributed by atoms with Gasteiger partial charge in [0, 0.05) is 25.2 Å². The summed E-state index contributed by atoms with van der Waals surface area (Å²) in [4.78, 5) is 39.7. The van der Waals surface area contributed by atoms with E-state index in [2.05, 4.69) is 5.32 Å². The Morgan fingerprint density at radius 1 is 1.19 bits per heavy atom. The van der Waals surface area contributed by atoms with Crippen LogP contribution in [0.2, 0.25) is 0 Å². The zero-order valence-corrected chi connectivity index (χ0v) is 18.1. The monoisotopic (exact) mass is 404 g/mol. The molecule has 0 fully saturated rings. The summed E-state index contributed by atoms with van der Waals surface area (Å²) in [6.45, 7) is 9.71. The summed E-state index contributed by atoms with van der Waals surface area (Å²) >= 11 is 0. The first-order valence-electron chi connectivity index (χ1n) is 8.65. The zero-order chi connectivity index (χ0) is 21.2. The molecule has 9 nitrogen and oxygen atoms in total. The molecule has 1 N–H and O–H groups in total. The molecule has 1 aliphatic rings. The van der Waals surface area contributed by atoms with Gasteiger partial charge in [-0.2, -0.15) is 0 Å². The number of likely N-dealkylation sites (N-methyl/N-ethyl adjacent to an activating group) is 1. The van der Waals surface area contributed by atoms with E-state index in [9.17, 15) is 18.9 Å². The van der Waals surface area contributed by atoms with Crippen molar-refractivity contribution in [3.8, 4) is 0 Å². The highest BCUT2D eigenvalue weighted by atomic mass is 31.2. The second-order valence-electron chi connectivity index (χ2n) is 7.28. The Hall–Kier alpha value is -1.70. The van der Waals surface area contributed by atoms with E-state index < -0.39 is 41.8 Å². The maximum Gasteiger partial charge on any atom is 0.368 e. The van der Waals surface area contributed by atoms with E-state index in [1.54, 1.807) is 34.6 Å². The van der Waals surface area contributed by atoms with E-state index in [1.165, 1.54) is 21.0 Å². The van der Waals surface area contributed by atoms with Crippen molar-refractivity contribution in [3.63, 3.8) is 0 Å². The Morgan fingerprint density at radius 3 is 2.04 bits per heavy atom. The Morgan fingerprint density at radius 2 is 1.67 bits per heavy atom. The van der Waals surface area contributed by atoms with Gasteiger partial charge in [-0.1, -0.05) is 0 Å². The fourth-order valence-corrected chi connectivity index (χ4v) is 4.52. The summed E-state index contributed by atoms with van der Waals surface area (Å²) in [6, 6.07) is 0. The third-order valence-electron chi connectivity index (χ3n) is 3.71. The van der Waals surface area contributed by atoms with E-state index >= 15 is 0 Å². The molecule has 0 saturated heterocycles. The third-order valence-corrected chi connectivity index (χ3v) is 5.97. The van der Waals surface area contributed by atoms with Gasteiger partial charge < -0.3 is 24.0 Å². The van der Waals surface area contributed by atoms with E-state index in [0.29, 0.717) is 0 Å². The Kier molecular flexibility index (Phi) is 7.02. The highest BCUT2D eigenvalue weighted by molar-refractivity contribution is 7.60. The molecular formula is C17H29N2O7P. The van der Waals surface area contributed by atoms with Gasteiger partial charge in [-0.3, -0.25) is 14.2 Å². The van der Waals surface area contributed by atoms with Crippen molar-refractivity contribution in [1.29, 1.82) is 0 Å². The van der Waals surface area contributed by atoms with Crippen LogP contribution in [0.4, 0.5) is 0 Å². The van der Waals surface area contributed by atoms with Crippen LogP contribution >= 0.6 is 7.60 Å². The highest BCUT2D eigenvalue weighted by Crippen LogP contribution is 2.61. The molecule has 0 aromatic rings. The fraction of sp³-hybridized carbons (Fsp3) is 0.706. The molecule has 154 valence electrons. The van der Waals surface area contributed by atoms with E-state index in [0.717, 1.165) is 4.90 Å². The van der Waals surface area contributed by atoms with Crippen molar-refractivity contribution in [1.82, 2.24) is 10.2 Å². The molecule has 27 heavy (non-hydrogen) atoms. The molecular weight excluding hydrogens is 375 g/mol. The predicted octanol–water partition coefficient (Wildman–Crippen LogP) is 1.82. The minimum absolute atomic E-state index is 0.00412. The maximum absolute atomic E-state index is 13.2. The lowest BCUT2D eigenvalue weighted by Crippen LogP contribution is -2.61. The maximum atomic E-state index is 13.2. The molecule has 1 atom stereocenters. The molecule has 0 saturated carbocycles. The second-order valence-corrected chi connectivity index (χ2v) is 9.24. The van der Waals surface area contributed by atoms with Crippen LogP contribution in [0.3, 0.4) is 0 Å². The van der Waals surface area contributed by atoms with Crippen LogP contribution in [0, 0.1) is 0 Å². The molecule has 0 aromatic carbocycles. The van der Waals surface area contributed by atoms with Gasteiger partial charge in [-0.25, -0.2) is 4.79 Å². The van der Waals surface area contributed by atoms with Crippen molar-refractivity contribution in [2.75, 3.05) is 27.3 Å². The van der Waals surface area contributed by atoms with Crippen LogP contribution in [0.1, 0.15) is 41.5 Å². The van der Waals surface area contributed by atoms with Crippen molar-refractivity contribution < 1.29 is 32.7 Å². The number of esters is 1. The van der Waals surface area contributed by atoms with Gasteiger partial charge in [-0.05, 0) is 41.5 Å². The summed E-state index contributed by atoms with van der Waals surface area (Å²) in [5.41, 5.74) is -3.07. The Balaban J connectivity index is 3.69. The minimum Gasteiger partial charge on any atom is -0.430 e. The van der Waals surface area contributed by atoms with Gasteiger partial charge in [0.05, 0.1) is 13.2 Å². The van der Waals surface area contributed by atoms with E-state index in [4.69, 9.17) is 13.8 Å². The summed E-state index contributed by atoms with van der Waals surface area (Å²) in [5.74, 6) is -2.67. The molecule has 1 heterocycles. The lowest BCUT2D eigenvalue weighted by molar-refractivity contribution is -0.168. The smallest absolute Gasteiger partial charge is 0.368 e. The fourth-order valence-electron chi connectivity index (χ4n) is 2.67. The predicted molar refractivity (Wildman–Crippen MR) is 99.0 cm³/mol. The molecule has 10 heteroatoms. The third kappa shape index (κ3) is 4.42. The quantitative estimate of drug-likeness (QED) is 0.391. The lowest BCUT2D eigenvalue weighted by atomic mass is 9.91. The first kappa shape index (κ1) is 23.3. The highest BCUT2D eigenvalue weighted by Gasteiger charge is 2.62. The number of hydrogen-bond acceptors (Lipinski definition) is 7. The average molecular weight is 404 g/mol. The van der Waals surface area contributed by atoms with Crippen LogP contribution in [-0.2, 0) is 32.7 Å². The number of cyclic esters (lactones) is 1. The summed E-state index contributed by atoms with van der Waals surface area (Å²) < 4.78 is 28.9. The van der Waals surface area contributed by atoms with Crippen molar-refractivity contribution in [2.45, 2.75) is 52.7 Å². The van der Waals surface area contributed by atoms with Crippen LogP contribution in [-0.4, -0.2) is 61.1 Å². The molecule has 1 unspecified atom stereocenters. The van der Waals surface area contributed by atoms with Crippen molar-refractivity contribution in [2.24, 2.45) is 0 Å². The van der Waals surface area contributed by atoms with Gasteiger partial charge in [0.15, 0.2) is 5.31 Å². The number of ether oxygens (including phenoxy) is 1. The first-order valence-corrected chi connectivity index (χ1v) is 10.2. The normalized spacial score (nSPS) is 20.5. The Bertz CT molecular complexity index is 699. The molecule has 0 spiro atoms. The summed E-state index contributed by atoms with van der Waals surface area (Å²) in [6.07, 6.45) is 0. The van der Waals surface area contributed by atoms with E-state index in [-0.39, 0.29) is 18.8 Å².